The molecule has 26 heavy (non-hydrogen) atoms. The number of phenolic OH excluding ortho intramolecular Hbond substituents is 1. The second kappa shape index (κ2) is 9.73. The molecule has 0 saturated carbocycles. The zero-order chi connectivity index (χ0) is 18.2. The number of aliphatic hydroxyl groups excluding tert-OH is 1. The molecule has 0 radical (unpaired) electrons. The number of phenols is 1. The van der Waals surface area contributed by atoms with Crippen LogP contribution in [-0.4, -0.2) is 53.7 Å². The largest absolute Gasteiger partial charge is 0.508 e. The summed E-state index contributed by atoms with van der Waals surface area (Å²) in [4.78, 5) is 2.04. The Kier molecular flexibility index (Phi) is 7.08. The molecule has 1 aromatic heterocycles. The summed E-state index contributed by atoms with van der Waals surface area (Å²) < 4.78 is 16.6. The van der Waals surface area contributed by atoms with Crippen molar-refractivity contribution < 1.29 is 24.1 Å². The number of aliphatic hydroxyl groups is 1. The molecular formula is C20H27NO5. The highest BCUT2D eigenvalue weighted by atomic mass is 16.5. The van der Waals surface area contributed by atoms with Crippen LogP contribution in [0.2, 0.25) is 0 Å². The molecule has 0 amide bonds. The summed E-state index contributed by atoms with van der Waals surface area (Å²) in [5, 5.41) is 20.4. The number of furan rings is 1. The molecule has 6 heteroatoms. The lowest BCUT2D eigenvalue weighted by atomic mass is 10.1. The third kappa shape index (κ3) is 5.85. The summed E-state index contributed by atoms with van der Waals surface area (Å²) in [5.74, 6) is 1.06. The molecule has 1 aromatic carbocycles. The van der Waals surface area contributed by atoms with Gasteiger partial charge in [0.25, 0.3) is 0 Å². The highest BCUT2D eigenvalue weighted by molar-refractivity contribution is 5.31. The lowest BCUT2D eigenvalue weighted by molar-refractivity contribution is -0.0269. The van der Waals surface area contributed by atoms with Crippen molar-refractivity contribution in [2.24, 2.45) is 0 Å². The highest BCUT2D eigenvalue weighted by Gasteiger charge is 2.18. The molecule has 1 aliphatic heterocycles. The standard InChI is InChI=1S/C20H27NO5/c22-17(14-24-15-19-7-4-10-26-19)12-21(13-18-6-3-9-25-18)11-16-5-1-2-8-20(16)23/h1-3,5-6,8-9,17,19,22-23H,4,7,10-15H2. The van der Waals surface area contributed by atoms with Crippen molar-refractivity contribution in [1.29, 1.82) is 0 Å². The van der Waals surface area contributed by atoms with E-state index in [1.54, 1.807) is 18.4 Å². The molecule has 1 fully saturated rings. The van der Waals surface area contributed by atoms with E-state index in [0.29, 0.717) is 26.2 Å². The van der Waals surface area contributed by atoms with E-state index < -0.39 is 6.10 Å². The van der Waals surface area contributed by atoms with Crippen molar-refractivity contribution in [2.45, 2.75) is 38.1 Å². The molecule has 1 aliphatic rings. The minimum Gasteiger partial charge on any atom is -0.508 e. The highest BCUT2D eigenvalue weighted by Crippen LogP contribution is 2.19. The van der Waals surface area contributed by atoms with Gasteiger partial charge in [-0.15, -0.1) is 0 Å². The first kappa shape index (κ1) is 18.9. The van der Waals surface area contributed by atoms with Crippen LogP contribution in [0.5, 0.6) is 5.75 Å². The van der Waals surface area contributed by atoms with E-state index in [0.717, 1.165) is 30.8 Å². The number of hydrogen-bond donors (Lipinski definition) is 2. The van der Waals surface area contributed by atoms with Gasteiger partial charge in [0.2, 0.25) is 0 Å². The van der Waals surface area contributed by atoms with Gasteiger partial charge in [-0.3, -0.25) is 4.90 Å². The summed E-state index contributed by atoms with van der Waals surface area (Å²) in [5.41, 5.74) is 0.812. The Hall–Kier alpha value is -1.86. The molecule has 0 spiro atoms. The second-order valence-corrected chi connectivity index (χ2v) is 6.70. The van der Waals surface area contributed by atoms with Crippen molar-refractivity contribution >= 4 is 0 Å². The average molecular weight is 361 g/mol. The molecule has 0 bridgehead atoms. The lowest BCUT2D eigenvalue weighted by Crippen LogP contribution is -2.35. The van der Waals surface area contributed by atoms with Crippen molar-refractivity contribution in [2.75, 3.05) is 26.4 Å². The quantitative estimate of drug-likeness (QED) is 0.677. The van der Waals surface area contributed by atoms with Crippen LogP contribution >= 0.6 is 0 Å². The maximum atomic E-state index is 10.4. The molecule has 3 rings (SSSR count). The average Bonchev–Trinajstić information content (AvgIpc) is 3.31. The molecule has 2 aromatic rings. The number of benzene rings is 1. The van der Waals surface area contributed by atoms with Crippen LogP contribution in [0.3, 0.4) is 0 Å². The minimum absolute atomic E-state index is 0.155. The number of aromatic hydroxyl groups is 1. The first-order chi connectivity index (χ1) is 12.7. The molecule has 2 heterocycles. The number of para-hydroxylation sites is 1. The van der Waals surface area contributed by atoms with Gasteiger partial charge in [-0.05, 0) is 31.0 Å². The van der Waals surface area contributed by atoms with Crippen LogP contribution in [-0.2, 0) is 22.6 Å². The van der Waals surface area contributed by atoms with E-state index in [1.807, 2.05) is 29.2 Å². The van der Waals surface area contributed by atoms with Gasteiger partial charge in [0, 0.05) is 25.3 Å². The Labute approximate surface area is 154 Å². The van der Waals surface area contributed by atoms with Crippen LogP contribution in [0.15, 0.2) is 47.1 Å². The van der Waals surface area contributed by atoms with Gasteiger partial charge in [-0.2, -0.15) is 0 Å². The molecule has 2 atom stereocenters. The smallest absolute Gasteiger partial charge is 0.120 e. The first-order valence-electron chi connectivity index (χ1n) is 9.09. The normalized spacial score (nSPS) is 18.5. The van der Waals surface area contributed by atoms with Crippen LogP contribution < -0.4 is 0 Å². The molecule has 2 N–H and O–H groups in total. The van der Waals surface area contributed by atoms with Crippen LogP contribution in [0.1, 0.15) is 24.2 Å². The summed E-state index contributed by atoms with van der Waals surface area (Å²) in [7, 11) is 0. The van der Waals surface area contributed by atoms with E-state index in [-0.39, 0.29) is 18.5 Å². The van der Waals surface area contributed by atoms with Gasteiger partial charge in [0.05, 0.1) is 38.2 Å². The van der Waals surface area contributed by atoms with Gasteiger partial charge in [-0.1, -0.05) is 18.2 Å². The maximum Gasteiger partial charge on any atom is 0.120 e. The SMILES string of the molecule is Oc1ccccc1CN(Cc1ccco1)CC(O)COCC1CCCO1. The Morgan fingerprint density at radius 3 is 2.81 bits per heavy atom. The zero-order valence-electron chi connectivity index (χ0n) is 14.9. The number of ether oxygens (including phenoxy) is 2. The predicted octanol–water partition coefficient (Wildman–Crippen LogP) is 2.54. The Balaban J connectivity index is 1.53. The Bertz CT molecular complexity index is 639. The van der Waals surface area contributed by atoms with E-state index >= 15 is 0 Å². The summed E-state index contributed by atoms with van der Waals surface area (Å²) in [6.45, 7) is 3.05. The molecule has 1 saturated heterocycles. The number of hydrogen-bond acceptors (Lipinski definition) is 6. The number of nitrogens with zero attached hydrogens (tertiary/aromatic N) is 1. The monoisotopic (exact) mass is 361 g/mol. The fourth-order valence-electron chi connectivity index (χ4n) is 3.16. The third-order valence-electron chi connectivity index (χ3n) is 4.45. The van der Waals surface area contributed by atoms with Crippen molar-refractivity contribution in [3.05, 3.63) is 54.0 Å². The topological polar surface area (TPSA) is 75.3 Å². The number of rotatable bonds is 10. The van der Waals surface area contributed by atoms with Crippen LogP contribution in [0, 0.1) is 0 Å². The van der Waals surface area contributed by atoms with Gasteiger partial charge in [-0.25, -0.2) is 0 Å². The third-order valence-corrected chi connectivity index (χ3v) is 4.45. The van der Waals surface area contributed by atoms with Crippen molar-refractivity contribution in [3.8, 4) is 5.75 Å². The van der Waals surface area contributed by atoms with Crippen molar-refractivity contribution in [1.82, 2.24) is 4.90 Å². The van der Waals surface area contributed by atoms with Gasteiger partial charge >= 0.3 is 0 Å². The molecule has 0 aliphatic carbocycles. The van der Waals surface area contributed by atoms with E-state index in [9.17, 15) is 10.2 Å². The van der Waals surface area contributed by atoms with E-state index in [2.05, 4.69) is 0 Å². The van der Waals surface area contributed by atoms with E-state index in [4.69, 9.17) is 13.9 Å². The summed E-state index contributed by atoms with van der Waals surface area (Å²) >= 11 is 0. The second-order valence-electron chi connectivity index (χ2n) is 6.70. The molecule has 6 nitrogen and oxygen atoms in total. The summed E-state index contributed by atoms with van der Waals surface area (Å²) in [6.07, 6.45) is 3.26. The fraction of sp³-hybridized carbons (Fsp3) is 0.500. The van der Waals surface area contributed by atoms with Crippen LogP contribution in [0.4, 0.5) is 0 Å². The van der Waals surface area contributed by atoms with Crippen molar-refractivity contribution in [3.63, 3.8) is 0 Å². The lowest BCUT2D eigenvalue weighted by Gasteiger charge is -2.25. The van der Waals surface area contributed by atoms with Gasteiger partial charge in [0.15, 0.2) is 0 Å². The molecule has 142 valence electrons. The van der Waals surface area contributed by atoms with Gasteiger partial charge < -0.3 is 24.1 Å². The molecular weight excluding hydrogens is 334 g/mol. The van der Waals surface area contributed by atoms with E-state index in [1.165, 1.54) is 0 Å². The molecule has 2 unspecified atom stereocenters. The fourth-order valence-corrected chi connectivity index (χ4v) is 3.16. The Morgan fingerprint density at radius 1 is 1.19 bits per heavy atom. The first-order valence-corrected chi connectivity index (χ1v) is 9.09. The Morgan fingerprint density at radius 2 is 2.08 bits per heavy atom. The predicted molar refractivity (Wildman–Crippen MR) is 96.7 cm³/mol. The van der Waals surface area contributed by atoms with Crippen LogP contribution in [0.25, 0.3) is 0 Å². The zero-order valence-corrected chi connectivity index (χ0v) is 14.9. The minimum atomic E-state index is -0.628. The van der Waals surface area contributed by atoms with Gasteiger partial charge in [0.1, 0.15) is 11.5 Å². The maximum absolute atomic E-state index is 10.4. The summed E-state index contributed by atoms with van der Waals surface area (Å²) in [6, 6.07) is 11.0.